The molecule has 4 aliphatic carbocycles. The fourth-order valence-electron chi connectivity index (χ4n) is 9.89. The van der Waals surface area contributed by atoms with Gasteiger partial charge in [-0.15, -0.1) is 0 Å². The van der Waals surface area contributed by atoms with Gasteiger partial charge < -0.3 is 30.6 Å². The van der Waals surface area contributed by atoms with Crippen LogP contribution in [-0.2, 0) is 14.6 Å². The lowest BCUT2D eigenvalue weighted by molar-refractivity contribution is -0.315. The number of rotatable bonds is 8. The van der Waals surface area contributed by atoms with Gasteiger partial charge in [0.25, 0.3) is 0 Å². The van der Waals surface area contributed by atoms with E-state index >= 15 is 0 Å². The third kappa shape index (κ3) is 5.11. The van der Waals surface area contributed by atoms with Crippen LogP contribution < -0.4 is 0 Å². The molecule has 232 valence electrons. The van der Waals surface area contributed by atoms with Crippen LogP contribution >= 0.6 is 0 Å². The van der Waals surface area contributed by atoms with Gasteiger partial charge in [-0.05, 0) is 61.2 Å². The van der Waals surface area contributed by atoms with Gasteiger partial charge in [0.05, 0.1) is 36.1 Å². The highest BCUT2D eigenvalue weighted by Crippen LogP contribution is 2.70. The molecular formula is C29H50O10S. The molecule has 11 heteroatoms. The maximum Gasteiger partial charge on any atom is 0.397 e. The molecule has 0 aromatic rings. The largest absolute Gasteiger partial charge is 0.397 e. The quantitative estimate of drug-likeness (QED) is 0.162. The molecule has 0 aliphatic heterocycles. The summed E-state index contributed by atoms with van der Waals surface area (Å²) in [5, 5.41) is 66.9. The van der Waals surface area contributed by atoms with Crippen molar-refractivity contribution in [3.8, 4) is 0 Å². The molecule has 4 saturated carbocycles. The van der Waals surface area contributed by atoms with Gasteiger partial charge in [0, 0.05) is 30.1 Å². The van der Waals surface area contributed by atoms with Gasteiger partial charge in [-0.3, -0.25) is 4.55 Å². The minimum absolute atomic E-state index is 0.0319. The second-order valence-corrected chi connectivity index (χ2v) is 15.3. The Morgan fingerprint density at radius 3 is 2.23 bits per heavy atom. The summed E-state index contributed by atoms with van der Waals surface area (Å²) in [5.41, 5.74) is -4.17. The lowest BCUT2D eigenvalue weighted by Gasteiger charge is -2.68. The van der Waals surface area contributed by atoms with Crippen LogP contribution in [0.3, 0.4) is 0 Å². The van der Waals surface area contributed by atoms with E-state index in [0.29, 0.717) is 32.1 Å². The summed E-state index contributed by atoms with van der Waals surface area (Å²) < 4.78 is 36.6. The highest BCUT2D eigenvalue weighted by Gasteiger charge is 2.74. The second kappa shape index (κ2) is 10.8. The summed E-state index contributed by atoms with van der Waals surface area (Å²) in [7, 11) is -4.75. The van der Waals surface area contributed by atoms with Gasteiger partial charge in [-0.1, -0.05) is 46.8 Å². The topological polar surface area (TPSA) is 185 Å². The van der Waals surface area contributed by atoms with Crippen molar-refractivity contribution in [3.63, 3.8) is 0 Å². The number of allylic oxidation sites excluding steroid dienone is 1. The van der Waals surface area contributed by atoms with Crippen molar-refractivity contribution in [2.75, 3.05) is 6.61 Å². The lowest BCUT2D eigenvalue weighted by atomic mass is 9.40. The lowest BCUT2D eigenvalue weighted by Crippen LogP contribution is -2.75. The Bertz CT molecular complexity index is 1070. The third-order valence-electron chi connectivity index (χ3n) is 11.8. The molecule has 0 radical (unpaired) electrons. The molecule has 40 heavy (non-hydrogen) atoms. The van der Waals surface area contributed by atoms with E-state index in [-0.39, 0.29) is 36.5 Å². The molecule has 0 spiro atoms. The first-order chi connectivity index (χ1) is 18.3. The van der Waals surface area contributed by atoms with Gasteiger partial charge in [0.15, 0.2) is 0 Å². The van der Waals surface area contributed by atoms with Crippen LogP contribution in [0.2, 0.25) is 0 Å². The van der Waals surface area contributed by atoms with E-state index < -0.39 is 75.3 Å². The van der Waals surface area contributed by atoms with E-state index in [0.717, 1.165) is 0 Å². The molecule has 0 bridgehead atoms. The molecular weight excluding hydrogens is 540 g/mol. The summed E-state index contributed by atoms with van der Waals surface area (Å²) in [4.78, 5) is 0. The first-order valence-corrected chi connectivity index (χ1v) is 16.1. The van der Waals surface area contributed by atoms with Crippen LogP contribution in [0, 0.1) is 46.3 Å². The summed E-state index contributed by atoms with van der Waals surface area (Å²) in [6, 6.07) is 0. The van der Waals surface area contributed by atoms with E-state index in [1.54, 1.807) is 0 Å². The van der Waals surface area contributed by atoms with Gasteiger partial charge in [0.2, 0.25) is 0 Å². The molecule has 0 aromatic heterocycles. The average molecular weight is 591 g/mol. The number of aliphatic hydroxyl groups excluding tert-OH is 4. The molecule has 7 N–H and O–H groups in total. The van der Waals surface area contributed by atoms with Crippen LogP contribution in [0.1, 0.15) is 79.6 Å². The van der Waals surface area contributed by atoms with Crippen molar-refractivity contribution in [2.24, 2.45) is 46.3 Å². The van der Waals surface area contributed by atoms with Gasteiger partial charge in [0.1, 0.15) is 6.10 Å². The van der Waals surface area contributed by atoms with Crippen molar-refractivity contribution in [2.45, 2.75) is 115 Å². The van der Waals surface area contributed by atoms with Crippen LogP contribution in [0.15, 0.2) is 12.2 Å². The van der Waals surface area contributed by atoms with Crippen molar-refractivity contribution in [1.82, 2.24) is 0 Å². The molecule has 13 atom stereocenters. The first kappa shape index (κ1) is 32.3. The van der Waals surface area contributed by atoms with Crippen molar-refractivity contribution < 1.29 is 47.8 Å². The number of hydrogen-bond acceptors (Lipinski definition) is 9. The predicted octanol–water partition coefficient (Wildman–Crippen LogP) is 1.82. The molecule has 0 unspecified atom stereocenters. The summed E-state index contributed by atoms with van der Waals surface area (Å²) >= 11 is 0. The molecule has 0 heterocycles. The molecule has 0 amide bonds. The molecule has 4 rings (SSSR count). The standard InChI is InChI=1S/C29H50O10S/c1-16(2)19(22(15-30)39-40(36,37)38)7-6-17(3)20-12-21(32)25-26(20,4)10-9-23-27(5)11-8-18(31)13-29(27,35)24(33)14-28(23,25)34/h6-7,16-25,30-35H,8-15H2,1-5H3,(H,36,37,38)/b7-6+/t17-,18+,19+,20-,21+,22-,23-,24-,25-,26-,27-,28+,29+/m1/s1. The van der Waals surface area contributed by atoms with E-state index in [9.17, 15) is 39.1 Å². The van der Waals surface area contributed by atoms with Gasteiger partial charge in [-0.2, -0.15) is 8.42 Å². The SMILES string of the molecule is CC(C)[C@H](/C=C/[C@@H](C)[C@H]1C[C@H](O)[C@@H]2[C@]1(C)CC[C@H]1[C@@]2(O)C[C@@H](O)[C@@]2(O)C[C@@H](O)CC[C@]12C)[C@@H](CO)OS(=O)(=O)O. The highest BCUT2D eigenvalue weighted by atomic mass is 32.3. The van der Waals surface area contributed by atoms with Crippen molar-refractivity contribution in [3.05, 3.63) is 12.2 Å². The zero-order chi connectivity index (χ0) is 30.1. The molecule has 10 nitrogen and oxygen atoms in total. The Morgan fingerprint density at radius 2 is 1.65 bits per heavy atom. The molecule has 4 aliphatic rings. The third-order valence-corrected chi connectivity index (χ3v) is 12.3. The van der Waals surface area contributed by atoms with E-state index in [1.165, 1.54) is 0 Å². The summed E-state index contributed by atoms with van der Waals surface area (Å²) in [6.45, 7) is 9.16. The van der Waals surface area contributed by atoms with Gasteiger partial charge >= 0.3 is 10.4 Å². The van der Waals surface area contributed by atoms with Crippen molar-refractivity contribution in [1.29, 1.82) is 0 Å². The Hall–Kier alpha value is -0.630. The van der Waals surface area contributed by atoms with Crippen LogP contribution in [-0.4, -0.2) is 85.8 Å². The second-order valence-electron chi connectivity index (χ2n) is 14.2. The Kier molecular flexibility index (Phi) is 8.73. The average Bonchev–Trinajstić information content (AvgIpc) is 3.10. The zero-order valence-corrected chi connectivity index (χ0v) is 25.2. The Morgan fingerprint density at radius 1 is 1.00 bits per heavy atom. The Labute approximate surface area is 238 Å². The van der Waals surface area contributed by atoms with Crippen molar-refractivity contribution >= 4 is 10.4 Å². The van der Waals surface area contributed by atoms with Crippen LogP contribution in [0.4, 0.5) is 0 Å². The minimum Gasteiger partial charge on any atom is -0.394 e. The van der Waals surface area contributed by atoms with Gasteiger partial charge in [-0.25, -0.2) is 4.18 Å². The molecule has 4 fully saturated rings. The summed E-state index contributed by atoms with van der Waals surface area (Å²) in [5.74, 6) is -1.58. The Balaban J connectivity index is 1.62. The van der Waals surface area contributed by atoms with E-state index in [4.69, 9.17) is 8.74 Å². The highest BCUT2D eigenvalue weighted by molar-refractivity contribution is 7.80. The molecule has 0 saturated heterocycles. The number of aliphatic hydroxyl groups is 6. The number of fused-ring (bicyclic) bond motifs is 5. The number of hydrogen-bond donors (Lipinski definition) is 7. The smallest absolute Gasteiger partial charge is 0.394 e. The first-order valence-electron chi connectivity index (χ1n) is 14.8. The normalized spacial score (nSPS) is 47.9. The summed E-state index contributed by atoms with van der Waals surface area (Å²) in [6.07, 6.45) is 2.60. The fraction of sp³-hybridized carbons (Fsp3) is 0.931. The maximum absolute atomic E-state index is 12.4. The zero-order valence-electron chi connectivity index (χ0n) is 24.3. The predicted molar refractivity (Wildman–Crippen MR) is 147 cm³/mol. The monoisotopic (exact) mass is 590 g/mol. The van der Waals surface area contributed by atoms with Crippen LogP contribution in [0.5, 0.6) is 0 Å². The van der Waals surface area contributed by atoms with E-state index in [2.05, 4.69) is 6.92 Å². The van der Waals surface area contributed by atoms with Crippen LogP contribution in [0.25, 0.3) is 0 Å². The maximum atomic E-state index is 12.4. The fourth-order valence-corrected chi connectivity index (χ4v) is 10.4. The molecule has 0 aromatic carbocycles. The van der Waals surface area contributed by atoms with E-state index in [1.807, 2.05) is 39.8 Å². The minimum atomic E-state index is -4.75.